The van der Waals surface area contributed by atoms with Crippen molar-refractivity contribution < 1.29 is 9.84 Å². The minimum absolute atomic E-state index is 0.104. The molecule has 0 spiro atoms. The molecular weight excluding hydrogens is 312 g/mol. The zero-order valence-electron chi connectivity index (χ0n) is 16.3. The molecule has 140 valence electrons. The lowest BCUT2D eigenvalue weighted by Gasteiger charge is -2.31. The van der Waals surface area contributed by atoms with Gasteiger partial charge in [0.1, 0.15) is 0 Å². The quantitative estimate of drug-likeness (QED) is 0.889. The summed E-state index contributed by atoms with van der Waals surface area (Å²) in [6.45, 7) is 12.2. The Balaban J connectivity index is 1.69. The lowest BCUT2D eigenvalue weighted by molar-refractivity contribution is 0.0924. The van der Waals surface area contributed by atoms with Crippen LogP contribution in [0.15, 0.2) is 12.1 Å². The molecule has 0 aliphatic carbocycles. The van der Waals surface area contributed by atoms with Gasteiger partial charge in [-0.3, -0.25) is 9.80 Å². The largest absolute Gasteiger partial charge is 0.389 e. The Bertz CT molecular complexity index is 582. The first-order chi connectivity index (χ1) is 11.9. The predicted molar refractivity (Wildman–Crippen MR) is 102 cm³/mol. The highest BCUT2D eigenvalue weighted by Gasteiger charge is 2.29. The Morgan fingerprint density at radius 3 is 2.44 bits per heavy atom. The molecule has 4 nitrogen and oxygen atoms in total. The second kappa shape index (κ2) is 8.17. The van der Waals surface area contributed by atoms with Crippen molar-refractivity contribution in [3.63, 3.8) is 0 Å². The van der Waals surface area contributed by atoms with Crippen molar-refractivity contribution in [2.75, 3.05) is 33.4 Å². The van der Waals surface area contributed by atoms with Crippen LogP contribution in [0.2, 0.25) is 0 Å². The van der Waals surface area contributed by atoms with E-state index in [0.29, 0.717) is 13.2 Å². The third-order valence-electron chi connectivity index (χ3n) is 6.07. The van der Waals surface area contributed by atoms with Gasteiger partial charge in [-0.25, -0.2) is 0 Å². The molecule has 0 aromatic heterocycles. The number of nitrogens with zero attached hydrogens (tertiary/aromatic N) is 2. The molecule has 1 N–H and O–H groups in total. The van der Waals surface area contributed by atoms with Crippen LogP contribution in [0.4, 0.5) is 0 Å². The van der Waals surface area contributed by atoms with Gasteiger partial charge in [0.05, 0.1) is 25.4 Å². The second-order valence-electron chi connectivity index (χ2n) is 8.25. The van der Waals surface area contributed by atoms with Gasteiger partial charge in [0.2, 0.25) is 0 Å². The zero-order chi connectivity index (χ0) is 18.0. The number of benzene rings is 1. The average molecular weight is 347 g/mol. The Morgan fingerprint density at radius 2 is 1.80 bits per heavy atom. The van der Waals surface area contributed by atoms with Crippen LogP contribution < -0.4 is 0 Å². The minimum Gasteiger partial charge on any atom is -0.389 e. The summed E-state index contributed by atoms with van der Waals surface area (Å²) in [7, 11) is 2.09. The average Bonchev–Trinajstić information content (AvgIpc) is 3.00. The number of aliphatic hydroxyl groups excluding tert-OH is 1. The van der Waals surface area contributed by atoms with Crippen LogP contribution in [0, 0.1) is 19.8 Å². The summed E-state index contributed by atoms with van der Waals surface area (Å²) < 4.78 is 5.41. The summed E-state index contributed by atoms with van der Waals surface area (Å²) in [6, 6.07) is 4.82. The van der Waals surface area contributed by atoms with E-state index >= 15 is 0 Å². The van der Waals surface area contributed by atoms with Gasteiger partial charge in [0, 0.05) is 13.1 Å². The summed E-state index contributed by atoms with van der Waals surface area (Å²) >= 11 is 0. The van der Waals surface area contributed by atoms with Crippen molar-refractivity contribution in [2.24, 2.45) is 5.92 Å². The molecular formula is C21H34N2O2. The van der Waals surface area contributed by atoms with Crippen molar-refractivity contribution in [1.82, 2.24) is 9.80 Å². The van der Waals surface area contributed by atoms with E-state index in [1.807, 2.05) is 0 Å². The Labute approximate surface area is 152 Å². The third-order valence-corrected chi connectivity index (χ3v) is 6.07. The Kier molecular flexibility index (Phi) is 6.16. The number of rotatable bonds is 5. The van der Waals surface area contributed by atoms with E-state index in [9.17, 15) is 5.11 Å². The molecule has 25 heavy (non-hydrogen) atoms. The summed E-state index contributed by atoms with van der Waals surface area (Å²) in [6.07, 6.45) is 2.27. The maximum atomic E-state index is 10.1. The van der Waals surface area contributed by atoms with Crippen molar-refractivity contribution in [1.29, 1.82) is 0 Å². The van der Waals surface area contributed by atoms with Gasteiger partial charge in [0.15, 0.2) is 0 Å². The first kappa shape index (κ1) is 18.8. The fourth-order valence-corrected chi connectivity index (χ4v) is 4.09. The van der Waals surface area contributed by atoms with E-state index in [0.717, 1.165) is 19.0 Å². The fourth-order valence-electron chi connectivity index (χ4n) is 4.09. The monoisotopic (exact) mass is 346 g/mol. The van der Waals surface area contributed by atoms with Crippen LogP contribution in [0.25, 0.3) is 0 Å². The maximum Gasteiger partial charge on any atom is 0.0950 e. The summed E-state index contributed by atoms with van der Waals surface area (Å²) in [4.78, 5) is 4.83. The van der Waals surface area contributed by atoms with Crippen LogP contribution in [0.5, 0.6) is 0 Å². The van der Waals surface area contributed by atoms with E-state index in [1.165, 1.54) is 48.2 Å². The number of piperidine rings is 1. The number of hydrogen-bond donors (Lipinski definition) is 1. The third kappa shape index (κ3) is 4.62. The molecule has 2 heterocycles. The number of likely N-dealkylation sites (tertiary alicyclic amines) is 1. The minimum atomic E-state index is -0.370. The predicted octanol–water partition coefficient (Wildman–Crippen LogP) is 2.73. The van der Waals surface area contributed by atoms with Gasteiger partial charge in [-0.1, -0.05) is 19.1 Å². The molecule has 0 bridgehead atoms. The highest BCUT2D eigenvalue weighted by molar-refractivity contribution is 5.37. The van der Waals surface area contributed by atoms with E-state index in [-0.39, 0.29) is 12.1 Å². The number of hydrogen-bond acceptors (Lipinski definition) is 4. The number of likely N-dealkylation sites (N-methyl/N-ethyl adjacent to an activating group) is 1. The van der Waals surface area contributed by atoms with E-state index in [1.54, 1.807) is 0 Å². The summed E-state index contributed by atoms with van der Waals surface area (Å²) in [5.41, 5.74) is 5.56. The fraction of sp³-hybridized carbons (Fsp3) is 0.714. The van der Waals surface area contributed by atoms with Gasteiger partial charge in [0.25, 0.3) is 0 Å². The van der Waals surface area contributed by atoms with Crippen LogP contribution in [0.3, 0.4) is 0 Å². The van der Waals surface area contributed by atoms with Crippen LogP contribution in [0.1, 0.15) is 42.0 Å². The highest BCUT2D eigenvalue weighted by Crippen LogP contribution is 2.23. The van der Waals surface area contributed by atoms with Crippen molar-refractivity contribution in [3.8, 4) is 0 Å². The normalized spacial score (nSPS) is 25.8. The summed E-state index contributed by atoms with van der Waals surface area (Å²) in [5.74, 6) is 0.875. The topological polar surface area (TPSA) is 35.9 Å². The zero-order valence-corrected chi connectivity index (χ0v) is 16.3. The summed E-state index contributed by atoms with van der Waals surface area (Å²) in [5, 5.41) is 10.1. The second-order valence-corrected chi connectivity index (χ2v) is 8.25. The lowest BCUT2D eigenvalue weighted by atomic mass is 9.96. The van der Waals surface area contributed by atoms with Gasteiger partial charge >= 0.3 is 0 Å². The highest BCUT2D eigenvalue weighted by atomic mass is 16.5. The smallest absolute Gasteiger partial charge is 0.0950 e. The molecule has 3 rings (SSSR count). The van der Waals surface area contributed by atoms with Gasteiger partial charge in [-0.2, -0.15) is 0 Å². The first-order valence-electron chi connectivity index (χ1n) is 9.71. The van der Waals surface area contributed by atoms with E-state index in [4.69, 9.17) is 4.74 Å². The van der Waals surface area contributed by atoms with Crippen LogP contribution in [-0.2, 0) is 17.8 Å². The van der Waals surface area contributed by atoms with Gasteiger partial charge in [-0.15, -0.1) is 0 Å². The molecule has 0 unspecified atom stereocenters. The molecule has 2 aliphatic rings. The van der Waals surface area contributed by atoms with E-state index < -0.39 is 0 Å². The standard InChI is InChI=1S/C21H34N2O2/c1-15-5-7-23(8-6-15)12-19-10-18(16(2)9-17(19)3)11-22(4)20-13-25-14-21(20)24/h9-10,15,20-21,24H,5-8,11-14H2,1-4H3/t20-,21-/m0/s1. The molecule has 0 saturated carbocycles. The van der Waals surface area contributed by atoms with Gasteiger partial charge < -0.3 is 9.84 Å². The molecule has 2 fully saturated rings. The Hall–Kier alpha value is -0.940. The molecule has 1 aromatic carbocycles. The molecule has 0 radical (unpaired) electrons. The Morgan fingerprint density at radius 1 is 1.12 bits per heavy atom. The number of aryl methyl sites for hydroxylation is 2. The SMILES string of the molecule is Cc1cc(C)c(CN(C)[C@H]2COC[C@@H]2O)cc1CN1CCC(C)CC1. The number of ether oxygens (including phenoxy) is 1. The molecule has 2 saturated heterocycles. The molecule has 4 heteroatoms. The molecule has 0 amide bonds. The number of aliphatic hydroxyl groups is 1. The van der Waals surface area contributed by atoms with E-state index in [2.05, 4.69) is 49.8 Å². The first-order valence-corrected chi connectivity index (χ1v) is 9.71. The van der Waals surface area contributed by atoms with Crippen molar-refractivity contribution >= 4 is 0 Å². The van der Waals surface area contributed by atoms with Crippen LogP contribution >= 0.6 is 0 Å². The van der Waals surface area contributed by atoms with Crippen molar-refractivity contribution in [3.05, 3.63) is 34.4 Å². The van der Waals surface area contributed by atoms with Gasteiger partial charge in [-0.05, 0) is 75.0 Å². The lowest BCUT2D eigenvalue weighted by Crippen LogP contribution is -2.40. The molecule has 2 aliphatic heterocycles. The maximum absolute atomic E-state index is 10.1. The van der Waals surface area contributed by atoms with Crippen LogP contribution in [-0.4, -0.2) is 60.4 Å². The van der Waals surface area contributed by atoms with Crippen molar-refractivity contribution in [2.45, 2.75) is 58.8 Å². The molecule has 1 aromatic rings. The molecule has 2 atom stereocenters.